The summed E-state index contributed by atoms with van der Waals surface area (Å²) >= 11 is 1.89. The molecule has 2 aliphatic rings. The third-order valence-electron chi connectivity index (χ3n) is 5.45. The fourth-order valence-electron chi connectivity index (χ4n) is 3.85. The van der Waals surface area contributed by atoms with Crippen LogP contribution in [0.25, 0.3) is 0 Å². The molecule has 5 nitrogen and oxygen atoms in total. The van der Waals surface area contributed by atoms with Gasteiger partial charge in [-0.1, -0.05) is 0 Å². The molecule has 2 aliphatic heterocycles. The number of ether oxygens (including phenoxy) is 1. The lowest BCUT2D eigenvalue weighted by Crippen LogP contribution is -2.45. The van der Waals surface area contributed by atoms with Crippen LogP contribution in [0.3, 0.4) is 0 Å². The minimum absolute atomic E-state index is 0.738. The molecule has 0 saturated carbocycles. The van der Waals surface area contributed by atoms with Gasteiger partial charge in [0.1, 0.15) is 0 Å². The van der Waals surface area contributed by atoms with Crippen LogP contribution in [0.5, 0.6) is 0 Å². The minimum Gasteiger partial charge on any atom is -0.376 e. The van der Waals surface area contributed by atoms with E-state index < -0.39 is 0 Å². The van der Waals surface area contributed by atoms with Gasteiger partial charge in [-0.25, -0.2) is 0 Å². The van der Waals surface area contributed by atoms with Crippen molar-refractivity contribution in [2.24, 2.45) is 0 Å². The quantitative estimate of drug-likeness (QED) is 0.821. The van der Waals surface area contributed by atoms with Gasteiger partial charge in [0.25, 0.3) is 0 Å². The Morgan fingerprint density at radius 2 is 1.92 bits per heavy atom. The zero-order chi connectivity index (χ0) is 17.2. The van der Waals surface area contributed by atoms with Crippen molar-refractivity contribution in [1.82, 2.24) is 19.6 Å². The molecule has 0 amide bonds. The second kappa shape index (κ2) is 7.58. The standard InChI is InChI=1S/C19H28N4OS/c1-3-23-18-4-10-24-14-16(18)17(20-23)12-21-6-8-22(9-7-21)13-19-15(2)5-11-25-19/h5,11H,3-4,6-10,12-14H2,1-2H3. The molecule has 1 fully saturated rings. The molecule has 0 aromatic carbocycles. The number of fused-ring (bicyclic) bond motifs is 1. The van der Waals surface area contributed by atoms with E-state index in [1.807, 2.05) is 11.3 Å². The Morgan fingerprint density at radius 3 is 2.60 bits per heavy atom. The molecule has 4 heterocycles. The molecule has 0 N–H and O–H groups in total. The molecule has 4 rings (SSSR count). The van der Waals surface area contributed by atoms with Crippen molar-refractivity contribution in [3.05, 3.63) is 38.8 Å². The van der Waals surface area contributed by atoms with Crippen LogP contribution in [0, 0.1) is 6.92 Å². The van der Waals surface area contributed by atoms with E-state index in [-0.39, 0.29) is 0 Å². The molecule has 25 heavy (non-hydrogen) atoms. The molecule has 1 saturated heterocycles. The third-order valence-corrected chi connectivity index (χ3v) is 6.46. The van der Waals surface area contributed by atoms with Crippen LogP contribution in [0.1, 0.15) is 34.3 Å². The smallest absolute Gasteiger partial charge is 0.0822 e. The zero-order valence-electron chi connectivity index (χ0n) is 15.3. The molecule has 2 aromatic heterocycles. The molecule has 0 atom stereocenters. The topological polar surface area (TPSA) is 33.5 Å². The first kappa shape index (κ1) is 17.2. The molecule has 0 radical (unpaired) electrons. The highest BCUT2D eigenvalue weighted by molar-refractivity contribution is 7.10. The summed E-state index contributed by atoms with van der Waals surface area (Å²) in [5.41, 5.74) is 5.42. The predicted molar refractivity (Wildman–Crippen MR) is 101 cm³/mol. The van der Waals surface area contributed by atoms with Gasteiger partial charge in [-0.2, -0.15) is 5.10 Å². The van der Waals surface area contributed by atoms with Crippen molar-refractivity contribution in [3.63, 3.8) is 0 Å². The maximum absolute atomic E-state index is 5.69. The summed E-state index contributed by atoms with van der Waals surface area (Å²) in [7, 11) is 0. The first-order valence-electron chi connectivity index (χ1n) is 9.37. The normalized spacial score (nSPS) is 19.3. The molecule has 0 spiro atoms. The second-order valence-corrected chi connectivity index (χ2v) is 8.07. The van der Waals surface area contributed by atoms with E-state index in [0.717, 1.165) is 65.4 Å². The minimum atomic E-state index is 0.738. The van der Waals surface area contributed by atoms with Gasteiger partial charge in [0, 0.05) is 68.4 Å². The molecule has 0 unspecified atom stereocenters. The molecule has 0 aliphatic carbocycles. The number of hydrogen-bond donors (Lipinski definition) is 0. The van der Waals surface area contributed by atoms with Crippen LogP contribution in [-0.4, -0.2) is 52.4 Å². The molecular weight excluding hydrogens is 332 g/mol. The summed E-state index contributed by atoms with van der Waals surface area (Å²) in [4.78, 5) is 6.65. The summed E-state index contributed by atoms with van der Waals surface area (Å²) in [6, 6.07) is 2.23. The fourth-order valence-corrected chi connectivity index (χ4v) is 4.80. The summed E-state index contributed by atoms with van der Waals surface area (Å²) in [5, 5.41) is 7.08. The lowest BCUT2D eigenvalue weighted by molar-refractivity contribution is 0.104. The summed E-state index contributed by atoms with van der Waals surface area (Å²) in [6.45, 7) is 13.5. The van der Waals surface area contributed by atoms with Crippen LogP contribution >= 0.6 is 11.3 Å². The third kappa shape index (κ3) is 3.67. The number of nitrogens with zero attached hydrogens (tertiary/aromatic N) is 4. The average molecular weight is 361 g/mol. The molecule has 0 bridgehead atoms. The van der Waals surface area contributed by atoms with E-state index >= 15 is 0 Å². The van der Waals surface area contributed by atoms with E-state index in [0.29, 0.717) is 0 Å². The SMILES string of the molecule is CCn1nc(CN2CCN(Cc3sccc3C)CC2)c2c1CCOC2. The van der Waals surface area contributed by atoms with Crippen molar-refractivity contribution in [2.75, 3.05) is 32.8 Å². The van der Waals surface area contributed by atoms with Crippen LogP contribution in [0.4, 0.5) is 0 Å². The number of aryl methyl sites for hydroxylation is 2. The van der Waals surface area contributed by atoms with Crippen LogP contribution in [0.15, 0.2) is 11.4 Å². The Labute approximate surface area is 154 Å². The molecular formula is C19H28N4OS. The Bertz CT molecular complexity index is 715. The second-order valence-electron chi connectivity index (χ2n) is 7.07. The van der Waals surface area contributed by atoms with Gasteiger partial charge >= 0.3 is 0 Å². The van der Waals surface area contributed by atoms with E-state index in [2.05, 4.69) is 39.8 Å². The summed E-state index contributed by atoms with van der Waals surface area (Å²) < 4.78 is 7.88. The first-order chi connectivity index (χ1) is 12.2. The highest BCUT2D eigenvalue weighted by Gasteiger charge is 2.24. The van der Waals surface area contributed by atoms with Gasteiger partial charge in [0.15, 0.2) is 0 Å². The van der Waals surface area contributed by atoms with Gasteiger partial charge in [0.05, 0.1) is 18.9 Å². The van der Waals surface area contributed by atoms with Crippen LogP contribution in [-0.2, 0) is 37.4 Å². The molecule has 136 valence electrons. The van der Waals surface area contributed by atoms with E-state index in [1.54, 1.807) is 0 Å². The number of rotatable bonds is 5. The largest absolute Gasteiger partial charge is 0.376 e. The lowest BCUT2D eigenvalue weighted by atomic mass is 10.1. The Morgan fingerprint density at radius 1 is 1.16 bits per heavy atom. The van der Waals surface area contributed by atoms with Crippen molar-refractivity contribution in [1.29, 1.82) is 0 Å². The molecule has 2 aromatic rings. The first-order valence-corrected chi connectivity index (χ1v) is 10.3. The van der Waals surface area contributed by atoms with Crippen molar-refractivity contribution >= 4 is 11.3 Å². The van der Waals surface area contributed by atoms with E-state index in [9.17, 15) is 0 Å². The van der Waals surface area contributed by atoms with Gasteiger partial charge in [-0.15, -0.1) is 11.3 Å². The summed E-state index contributed by atoms with van der Waals surface area (Å²) in [5.74, 6) is 0. The highest BCUT2D eigenvalue weighted by atomic mass is 32.1. The van der Waals surface area contributed by atoms with Crippen molar-refractivity contribution < 1.29 is 4.74 Å². The Balaban J connectivity index is 1.36. The highest BCUT2D eigenvalue weighted by Crippen LogP contribution is 2.23. The van der Waals surface area contributed by atoms with Crippen molar-refractivity contribution in [3.8, 4) is 0 Å². The number of aromatic nitrogens is 2. The van der Waals surface area contributed by atoms with Gasteiger partial charge < -0.3 is 4.74 Å². The molecule has 6 heteroatoms. The summed E-state index contributed by atoms with van der Waals surface area (Å²) in [6.07, 6.45) is 1.00. The predicted octanol–water partition coefficient (Wildman–Crippen LogP) is 2.66. The van der Waals surface area contributed by atoms with Gasteiger partial charge in [-0.3, -0.25) is 14.5 Å². The number of hydrogen-bond acceptors (Lipinski definition) is 5. The van der Waals surface area contributed by atoms with Crippen molar-refractivity contribution in [2.45, 2.75) is 46.5 Å². The zero-order valence-corrected chi connectivity index (χ0v) is 16.1. The van der Waals surface area contributed by atoms with E-state index in [4.69, 9.17) is 9.84 Å². The Hall–Kier alpha value is -1.21. The van der Waals surface area contributed by atoms with E-state index in [1.165, 1.54) is 27.4 Å². The maximum Gasteiger partial charge on any atom is 0.0822 e. The lowest BCUT2D eigenvalue weighted by Gasteiger charge is -2.34. The number of piperazine rings is 1. The monoisotopic (exact) mass is 360 g/mol. The Kier molecular flexibility index (Phi) is 5.22. The van der Waals surface area contributed by atoms with Gasteiger partial charge in [-0.05, 0) is 30.9 Å². The fraction of sp³-hybridized carbons (Fsp3) is 0.632. The average Bonchev–Trinajstić information content (AvgIpc) is 3.21. The van der Waals surface area contributed by atoms with Crippen LogP contribution < -0.4 is 0 Å². The van der Waals surface area contributed by atoms with Gasteiger partial charge in [0.2, 0.25) is 0 Å². The number of thiophene rings is 1. The van der Waals surface area contributed by atoms with Crippen LogP contribution in [0.2, 0.25) is 0 Å². The maximum atomic E-state index is 5.69.